The zero-order chi connectivity index (χ0) is 30.7. The van der Waals surface area contributed by atoms with Crippen LogP contribution >= 0.6 is 0 Å². The van der Waals surface area contributed by atoms with Gasteiger partial charge in [0.15, 0.2) is 17.9 Å². The van der Waals surface area contributed by atoms with Crippen molar-refractivity contribution in [1.29, 1.82) is 0 Å². The van der Waals surface area contributed by atoms with E-state index in [2.05, 4.69) is 55.8 Å². The van der Waals surface area contributed by atoms with Crippen molar-refractivity contribution in [3.8, 4) is 11.5 Å². The van der Waals surface area contributed by atoms with Crippen molar-refractivity contribution in [2.45, 2.75) is 79.2 Å². The van der Waals surface area contributed by atoms with E-state index < -0.39 is 5.60 Å². The Morgan fingerprint density at radius 3 is 2.26 bits per heavy atom. The van der Waals surface area contributed by atoms with Gasteiger partial charge in [0.2, 0.25) is 5.69 Å². The lowest BCUT2D eigenvalue weighted by atomic mass is 9.82. The van der Waals surface area contributed by atoms with Crippen molar-refractivity contribution in [2.75, 3.05) is 52.7 Å². The Labute approximate surface area is 251 Å². The van der Waals surface area contributed by atoms with E-state index in [1.54, 1.807) is 0 Å². The summed E-state index contributed by atoms with van der Waals surface area (Å²) in [5, 5.41) is 13.3. The van der Waals surface area contributed by atoms with Crippen molar-refractivity contribution >= 4 is 17.3 Å². The molecule has 4 rings (SSSR count). The van der Waals surface area contributed by atoms with Crippen molar-refractivity contribution in [2.24, 2.45) is 0 Å². The number of hydrogen-bond acceptors (Lipinski definition) is 6. The molecule has 0 saturated heterocycles. The summed E-state index contributed by atoms with van der Waals surface area (Å²) in [6.45, 7) is 20.7. The molecule has 8 heteroatoms. The van der Waals surface area contributed by atoms with E-state index in [1.165, 1.54) is 22.5 Å². The van der Waals surface area contributed by atoms with Gasteiger partial charge in [-0.3, -0.25) is 4.79 Å². The molecule has 2 aromatic rings. The molecule has 2 heterocycles. The first kappa shape index (κ1) is 32.0. The maximum atomic E-state index is 13.0. The molecular formula is C34H49N2O6+. The van der Waals surface area contributed by atoms with Gasteiger partial charge >= 0.3 is 0 Å². The van der Waals surface area contributed by atoms with E-state index in [-0.39, 0.29) is 11.3 Å². The Kier molecular flexibility index (Phi) is 10.0. The minimum atomic E-state index is -0.957. The number of phenolic OH excluding ortho intramolecular Hbond substituents is 1. The number of carbonyl (C=O) groups excluding carboxylic acids is 1. The second-order valence-electron chi connectivity index (χ2n) is 12.3. The van der Waals surface area contributed by atoms with Gasteiger partial charge in [0.1, 0.15) is 18.1 Å². The summed E-state index contributed by atoms with van der Waals surface area (Å²) in [5.41, 5.74) is 7.87. The zero-order valence-electron chi connectivity index (χ0n) is 26.7. The number of phenols is 1. The van der Waals surface area contributed by atoms with Gasteiger partial charge in [-0.2, -0.15) is 4.58 Å². The Balaban J connectivity index is 1.07. The highest BCUT2D eigenvalue weighted by molar-refractivity contribution is 5.93. The van der Waals surface area contributed by atoms with Crippen LogP contribution in [0.5, 0.6) is 11.5 Å². The number of nitrogens with zero attached hydrogens (tertiary/aromatic N) is 1. The molecule has 0 bridgehead atoms. The Morgan fingerprint density at radius 1 is 0.929 bits per heavy atom. The summed E-state index contributed by atoms with van der Waals surface area (Å²) < 4.78 is 25.7. The fourth-order valence-electron chi connectivity index (χ4n) is 5.92. The molecule has 0 saturated carbocycles. The molecule has 0 spiro atoms. The van der Waals surface area contributed by atoms with Gasteiger partial charge in [0, 0.05) is 37.1 Å². The fraction of sp³-hybridized carbons (Fsp3) is 0.588. The van der Waals surface area contributed by atoms with Crippen LogP contribution in [0.4, 0.5) is 5.69 Å². The third-order valence-electron chi connectivity index (χ3n) is 9.16. The molecule has 0 fully saturated rings. The van der Waals surface area contributed by atoms with Crippen LogP contribution in [0.15, 0.2) is 18.2 Å². The van der Waals surface area contributed by atoms with Gasteiger partial charge in [0.25, 0.3) is 5.91 Å². The lowest BCUT2D eigenvalue weighted by Crippen LogP contribution is -2.51. The third kappa shape index (κ3) is 6.51. The van der Waals surface area contributed by atoms with Gasteiger partial charge in [0.05, 0.1) is 38.4 Å². The Bertz CT molecular complexity index is 1350. The topological polar surface area (TPSA) is 89.3 Å². The number of nitrogens with one attached hydrogen (secondary N) is 1. The number of rotatable bonds is 13. The van der Waals surface area contributed by atoms with E-state index in [4.69, 9.17) is 18.9 Å². The first-order valence-corrected chi connectivity index (χ1v) is 15.1. The normalized spacial score (nSPS) is 19.0. The molecule has 42 heavy (non-hydrogen) atoms. The van der Waals surface area contributed by atoms with Crippen LogP contribution in [-0.2, 0) is 30.8 Å². The predicted octanol–water partition coefficient (Wildman–Crippen LogP) is 4.97. The number of benzene rings is 2. The van der Waals surface area contributed by atoms with Crippen LogP contribution in [0.2, 0.25) is 0 Å². The van der Waals surface area contributed by atoms with E-state index >= 15 is 0 Å². The van der Waals surface area contributed by atoms with Gasteiger partial charge in [-0.1, -0.05) is 11.6 Å². The first-order chi connectivity index (χ1) is 19.9. The fourth-order valence-corrected chi connectivity index (χ4v) is 5.92. The Hall–Kier alpha value is -2.94. The summed E-state index contributed by atoms with van der Waals surface area (Å²) >= 11 is 0. The minimum Gasteiger partial charge on any atom is -0.507 e. The number of hydrogen-bond donors (Lipinski definition) is 2. The summed E-state index contributed by atoms with van der Waals surface area (Å²) in [7, 11) is 0. The maximum absolute atomic E-state index is 13.0. The van der Waals surface area contributed by atoms with Gasteiger partial charge in [-0.05, 0) is 77.6 Å². The first-order valence-electron chi connectivity index (χ1n) is 15.1. The predicted molar refractivity (Wildman–Crippen MR) is 165 cm³/mol. The smallest absolute Gasteiger partial charge is 0.263 e. The van der Waals surface area contributed by atoms with Crippen LogP contribution in [0.1, 0.15) is 67.5 Å². The lowest BCUT2D eigenvalue weighted by molar-refractivity contribution is -0.443. The van der Waals surface area contributed by atoms with Crippen LogP contribution < -0.4 is 10.1 Å². The molecule has 2 aromatic carbocycles. The van der Waals surface area contributed by atoms with E-state index in [0.717, 1.165) is 34.5 Å². The van der Waals surface area contributed by atoms with Crippen molar-refractivity contribution in [3.63, 3.8) is 0 Å². The number of carbonyl (C=O) groups is 1. The van der Waals surface area contributed by atoms with Crippen molar-refractivity contribution in [3.05, 3.63) is 51.6 Å². The number of aryl methyl sites for hydroxylation is 1. The third-order valence-corrected chi connectivity index (χ3v) is 9.16. The van der Waals surface area contributed by atoms with Crippen LogP contribution in [-0.4, -0.2) is 79.6 Å². The SMILES string of the molecule is CC1=[N+](CCOCCOCCOCCNC(=O)C2(C)CCc3c(C)c(O)c(C)c(C)c3O2)c2ccc(C)cc2C1(C)C. The zero-order valence-corrected chi connectivity index (χ0v) is 26.7. The summed E-state index contributed by atoms with van der Waals surface area (Å²) in [6.07, 6.45) is 1.23. The van der Waals surface area contributed by atoms with E-state index in [9.17, 15) is 9.90 Å². The lowest BCUT2D eigenvalue weighted by Gasteiger charge is -2.36. The molecular weight excluding hydrogens is 532 g/mol. The molecule has 1 unspecified atom stereocenters. The largest absolute Gasteiger partial charge is 0.507 e. The van der Waals surface area contributed by atoms with Gasteiger partial charge in [-0.15, -0.1) is 0 Å². The minimum absolute atomic E-state index is 0.0320. The molecule has 1 atom stereocenters. The van der Waals surface area contributed by atoms with Gasteiger partial charge < -0.3 is 29.4 Å². The number of fused-ring (bicyclic) bond motifs is 2. The molecule has 1 amide bonds. The number of ether oxygens (including phenoxy) is 4. The van der Waals surface area contributed by atoms with E-state index in [1.807, 2.05) is 27.7 Å². The molecule has 2 aliphatic rings. The molecule has 2 aliphatic heterocycles. The summed E-state index contributed by atoms with van der Waals surface area (Å²) in [5.74, 6) is 0.878. The van der Waals surface area contributed by atoms with Crippen molar-refractivity contribution < 1.29 is 33.4 Å². The second-order valence-corrected chi connectivity index (χ2v) is 12.3. The molecule has 0 aliphatic carbocycles. The summed E-state index contributed by atoms with van der Waals surface area (Å²) in [4.78, 5) is 13.0. The highest BCUT2D eigenvalue weighted by Crippen LogP contribution is 2.43. The monoisotopic (exact) mass is 581 g/mol. The number of amides is 1. The quantitative estimate of drug-likeness (QED) is 0.257. The number of aromatic hydroxyl groups is 1. The van der Waals surface area contributed by atoms with Crippen LogP contribution in [0, 0.1) is 27.7 Å². The van der Waals surface area contributed by atoms with Crippen LogP contribution in [0.3, 0.4) is 0 Å². The molecule has 8 nitrogen and oxygen atoms in total. The highest BCUT2D eigenvalue weighted by Gasteiger charge is 2.43. The maximum Gasteiger partial charge on any atom is 0.263 e. The molecule has 2 N–H and O–H groups in total. The molecule has 230 valence electrons. The summed E-state index contributed by atoms with van der Waals surface area (Å²) in [6, 6.07) is 6.69. The average Bonchev–Trinajstić information content (AvgIpc) is 3.15. The Morgan fingerprint density at radius 2 is 1.57 bits per heavy atom. The van der Waals surface area contributed by atoms with Crippen molar-refractivity contribution in [1.82, 2.24) is 5.32 Å². The molecule has 0 radical (unpaired) electrons. The van der Waals surface area contributed by atoms with Crippen LogP contribution in [0.25, 0.3) is 0 Å². The van der Waals surface area contributed by atoms with E-state index in [0.29, 0.717) is 64.8 Å². The second kappa shape index (κ2) is 13.1. The van der Waals surface area contributed by atoms with Gasteiger partial charge in [-0.25, -0.2) is 0 Å². The molecule has 0 aromatic heterocycles. The standard InChI is InChI=1S/C34H48N2O6/c1-22-9-10-29-28(21-22)33(6,7)26(5)36(29)14-16-40-18-20-41-19-17-39-15-13-35-32(38)34(8)12-11-27-25(4)30(37)23(2)24(3)31(27)42-34/h9-10,21H,11-20H2,1-8H3,(H-,35,37,38)/p+1. The average molecular weight is 582 g/mol. The highest BCUT2D eigenvalue weighted by atomic mass is 16.5.